The summed E-state index contributed by atoms with van der Waals surface area (Å²) in [6, 6.07) is 117. The maximum atomic E-state index is 13.4. The number of thiol groups is 1. The third-order valence-corrected chi connectivity index (χ3v) is 31.9. The van der Waals surface area contributed by atoms with Crippen LogP contribution in [0.3, 0.4) is 0 Å². The molecule has 0 spiro atoms. The second-order valence-electron chi connectivity index (χ2n) is 29.5. The van der Waals surface area contributed by atoms with Crippen LogP contribution in [0.25, 0.3) is 116 Å². The van der Waals surface area contributed by atoms with E-state index in [1.165, 1.54) is 109 Å². The molecule has 0 unspecified atom stereocenters. The predicted octanol–water partition coefficient (Wildman–Crippen LogP) is 43.0. The Bertz CT molecular complexity index is 7560. The monoisotopic (exact) mass is 2400 g/mol. The highest BCUT2D eigenvalue weighted by molar-refractivity contribution is 9.11. The quantitative estimate of drug-likeness (QED) is 0.0215. The first-order valence-electron chi connectivity index (χ1n) is 41.9. The fourth-order valence-electron chi connectivity index (χ4n) is 13.8. The van der Waals surface area contributed by atoms with Crippen molar-refractivity contribution < 1.29 is 28.1 Å². The van der Waals surface area contributed by atoms with E-state index < -0.39 is 16.6 Å². The largest absolute Gasteiger partial charge is 0.389 e. The lowest BCUT2D eigenvalue weighted by atomic mass is 10.0. The number of anilines is 5. The molecule has 0 aliphatic carbocycles. The molecule has 4 N–H and O–H groups in total. The lowest BCUT2D eigenvalue weighted by molar-refractivity contribution is -0.380. The van der Waals surface area contributed by atoms with Crippen molar-refractivity contribution in [2.75, 3.05) is 35.3 Å². The van der Waals surface area contributed by atoms with Crippen LogP contribution in [0.2, 0.25) is 10.0 Å². The van der Waals surface area contributed by atoms with E-state index in [0.29, 0.717) is 39.7 Å². The average molecular weight is 2410 g/mol. The molecule has 732 valence electrons. The highest BCUT2D eigenvalue weighted by atomic mass is 79.9. The zero-order valence-corrected chi connectivity index (χ0v) is 88.2. The van der Waals surface area contributed by atoms with Crippen LogP contribution < -0.4 is 16.4 Å². The lowest BCUT2D eigenvalue weighted by Crippen LogP contribution is -2.19. The van der Waals surface area contributed by atoms with Gasteiger partial charge in [-0.15, -0.1) is 69.7 Å². The highest BCUT2D eigenvalue weighted by Gasteiger charge is 2.24. The third kappa shape index (κ3) is 32.4. The molecule has 0 atom stereocenters. The molecule has 6 heterocycles. The molecule has 28 heteroatoms. The van der Waals surface area contributed by atoms with Crippen LogP contribution in [0.1, 0.15) is 58.4 Å². The molecule has 0 radical (unpaired) electrons. The van der Waals surface area contributed by atoms with Crippen LogP contribution in [-0.4, -0.2) is 35.1 Å². The first kappa shape index (κ1) is 117. The number of rotatable bonds is 18. The molecule has 15 aromatic carbocycles. The van der Waals surface area contributed by atoms with Gasteiger partial charge in [0, 0.05) is 113 Å². The number of nitrogen functional groups attached to an aromatic ring is 1. The van der Waals surface area contributed by atoms with Crippen molar-refractivity contribution in [3.8, 4) is 55.6 Å². The van der Waals surface area contributed by atoms with E-state index in [2.05, 4.69) is 277 Å². The normalized spacial score (nSPS) is 10.3. The SMILES string of the molecule is Brc1ccc2sccc2c1.Brc1csc2ccc(-c3ccccc3)cc12.C.C.C.C.C.C.CCOC(CSc1ccc(Br)cc1)OCC.Nc1sc2ccc(-c3ccccc3)cc2c1Nc1ccc(F)c(Cl)c1.O=[N+]([O-])c1sc2ccc(-c3ccccc3)cc2c1Br.O=[N+]([O-])c1sc2ccc(-c3ccccc3)cc2c1Nc1ccc(F)c(Cl)c1.Sc1ccc(Br)cc1.c1ccc(-c2ccc3sccc3c2)cc1. The topological polar surface area (TPSA) is 155 Å². The molecule has 0 saturated heterocycles. The fraction of sp³-hybridized carbons (Fsp3) is 0.105. The van der Waals surface area contributed by atoms with Gasteiger partial charge in [0.2, 0.25) is 0 Å². The van der Waals surface area contributed by atoms with Gasteiger partial charge < -0.3 is 25.8 Å². The Morgan fingerprint density at radius 1 is 0.387 bits per heavy atom. The minimum Gasteiger partial charge on any atom is -0.389 e. The molecule has 0 saturated carbocycles. The molecule has 0 bridgehead atoms. The first-order chi connectivity index (χ1) is 66.0. The van der Waals surface area contributed by atoms with Gasteiger partial charge in [0.25, 0.3) is 0 Å². The number of thiophene rings is 6. The van der Waals surface area contributed by atoms with E-state index in [0.717, 1.165) is 105 Å². The predicted molar refractivity (Wildman–Crippen MR) is 642 cm³/mol. The number of thioether (sulfide) groups is 1. The lowest BCUT2D eigenvalue weighted by Gasteiger charge is -2.16. The van der Waals surface area contributed by atoms with Gasteiger partial charge in [-0.25, -0.2) is 8.78 Å². The van der Waals surface area contributed by atoms with Crippen LogP contribution in [0.4, 0.5) is 46.5 Å². The summed E-state index contributed by atoms with van der Waals surface area (Å²) in [5.41, 5.74) is 20.1. The number of nitrogens with zero attached hydrogens (tertiary/aromatic N) is 2. The number of hydrogen-bond donors (Lipinski definition) is 4. The maximum absolute atomic E-state index is 13.4. The van der Waals surface area contributed by atoms with Crippen molar-refractivity contribution >= 4 is 294 Å². The van der Waals surface area contributed by atoms with Gasteiger partial charge in [-0.1, -0.05) is 320 Å². The van der Waals surface area contributed by atoms with Gasteiger partial charge in [0.05, 0.1) is 25.6 Å². The number of ether oxygens (including phenoxy) is 2. The Labute approximate surface area is 915 Å². The standard InChI is InChI=1S/C20H12ClFN2O2S.C20H14ClFN2S.C14H8BrNO2S.C14H9BrS.C14H10S.C12H17BrO2S.C8H5BrS.C6H5BrS.6CH4/c21-16-11-14(7-8-17(16)22)23-19-15-10-13(12-4-2-1-3-5-12)6-9-18(15)27-20(19)24(25)26;21-16-11-14(7-8-17(16)22)24-19-15-10-13(12-4-2-1-3-5-12)6-9-18(15)25-20(19)23;15-13-11-8-10(9-4-2-1-3-5-9)6-7-12(11)19-14(13)16(17)18;15-13-9-16-14-7-6-11(8-12(13)14)10-4-2-1-3-5-10;1-2-4-11(5-3-1)12-6-7-14-13(10-12)8-9-15-14;1-3-14-12(15-4-2)9-16-11-7-5-10(13)6-8-11;9-7-1-2-8-6(5-7)3-4-10-8;7-5-1-3-6(8)4-2-5;;;;;;/h1-11,23H;1-11,24H,23H2;1-8H;1-9H;1-10H;5-8,12H,3-4,9H2,1-2H3;1-5H;1-4,8H;6*1H4. The van der Waals surface area contributed by atoms with Gasteiger partial charge in [0.1, 0.15) is 26.8 Å². The number of halogens is 9. The van der Waals surface area contributed by atoms with E-state index in [9.17, 15) is 29.0 Å². The summed E-state index contributed by atoms with van der Waals surface area (Å²) in [6.07, 6.45) is -0.108. The Morgan fingerprint density at radius 3 is 1.18 bits per heavy atom. The summed E-state index contributed by atoms with van der Waals surface area (Å²) >= 11 is 43.8. The Hall–Kier alpha value is -10.3. The van der Waals surface area contributed by atoms with Crippen molar-refractivity contribution in [3.05, 3.63) is 438 Å². The molecule has 6 aromatic heterocycles. The van der Waals surface area contributed by atoms with E-state index in [4.69, 9.17) is 38.4 Å². The molecule has 0 fully saturated rings. The molecule has 21 rings (SSSR count). The molecular formula is C114H104Br5Cl2F2N5O6S8. The third-order valence-electron chi connectivity index (χ3n) is 20.4. The summed E-state index contributed by atoms with van der Waals surface area (Å²) < 4.78 is 49.7. The Kier molecular flexibility index (Phi) is 47.8. The van der Waals surface area contributed by atoms with Crippen LogP contribution in [0, 0.1) is 31.9 Å². The Morgan fingerprint density at radius 2 is 0.746 bits per heavy atom. The second kappa shape index (κ2) is 58.0. The summed E-state index contributed by atoms with van der Waals surface area (Å²) in [5, 5.41) is 42.6. The van der Waals surface area contributed by atoms with Crippen molar-refractivity contribution in [3.63, 3.8) is 0 Å². The zero-order chi connectivity index (χ0) is 95.6. The smallest absolute Gasteiger partial charge is 0.348 e. The minimum atomic E-state index is -0.543. The summed E-state index contributed by atoms with van der Waals surface area (Å²) in [6.45, 7) is 5.34. The van der Waals surface area contributed by atoms with E-state index >= 15 is 0 Å². The van der Waals surface area contributed by atoms with Gasteiger partial charge in [-0.2, -0.15) is 0 Å². The number of nitrogens with two attached hydrogens (primary N) is 1. The van der Waals surface area contributed by atoms with Gasteiger partial charge in [0.15, 0.2) is 6.29 Å². The van der Waals surface area contributed by atoms with Crippen LogP contribution in [0.5, 0.6) is 0 Å². The first-order valence-corrected chi connectivity index (χ1v) is 53.2. The molecule has 0 aliphatic heterocycles. The second-order valence-corrected chi connectivity index (χ2v) is 42.3. The fourth-order valence-corrected chi connectivity index (χ4v) is 22.7. The highest BCUT2D eigenvalue weighted by Crippen LogP contribution is 2.48. The number of hydrogen-bond acceptors (Lipinski definition) is 17. The van der Waals surface area contributed by atoms with E-state index in [1.807, 2.05) is 178 Å². The summed E-state index contributed by atoms with van der Waals surface area (Å²) in [4.78, 5) is 23.9. The number of nitrogens with one attached hydrogen (secondary N) is 2. The van der Waals surface area contributed by atoms with Crippen molar-refractivity contribution in [2.24, 2.45) is 0 Å². The maximum Gasteiger partial charge on any atom is 0.348 e. The number of fused-ring (bicyclic) bond motifs is 6. The molecule has 0 aliphatic rings. The molecule has 11 nitrogen and oxygen atoms in total. The van der Waals surface area contributed by atoms with Crippen molar-refractivity contribution in [1.82, 2.24) is 0 Å². The van der Waals surface area contributed by atoms with Crippen molar-refractivity contribution in [1.29, 1.82) is 0 Å². The number of benzene rings is 15. The Balaban J connectivity index is 0.000000202. The van der Waals surface area contributed by atoms with E-state index in [-0.39, 0.29) is 75.8 Å². The summed E-state index contributed by atoms with van der Waals surface area (Å²) in [5.74, 6) is -0.163. The average Bonchev–Trinajstić information content (AvgIpc) is 1.63. The van der Waals surface area contributed by atoms with Crippen LogP contribution in [-0.2, 0) is 9.47 Å². The van der Waals surface area contributed by atoms with Gasteiger partial charge in [-0.05, 0) is 299 Å². The molecular weight excluding hydrogens is 2300 g/mol. The molecule has 21 aromatic rings. The minimum absolute atomic E-state index is 0. The summed E-state index contributed by atoms with van der Waals surface area (Å²) in [7, 11) is 0. The zero-order valence-electron chi connectivity index (χ0n) is 72.1. The molecule has 142 heavy (non-hydrogen) atoms. The molecule has 0 amide bonds. The van der Waals surface area contributed by atoms with E-state index in [1.54, 1.807) is 57.9 Å². The van der Waals surface area contributed by atoms with Gasteiger partial charge >= 0.3 is 10.0 Å². The van der Waals surface area contributed by atoms with Crippen LogP contribution in [0.15, 0.2) is 406 Å². The number of nitro groups is 2. The van der Waals surface area contributed by atoms with Crippen molar-refractivity contribution in [2.45, 2.75) is 74.5 Å². The van der Waals surface area contributed by atoms with Gasteiger partial charge in [-0.3, -0.25) is 20.2 Å². The van der Waals surface area contributed by atoms with Crippen LogP contribution >= 0.6 is 195 Å².